The highest BCUT2D eigenvalue weighted by Gasteiger charge is 2.26. The smallest absolute Gasteiger partial charge is 0.254 e. The molecule has 0 saturated carbocycles. The molecule has 6 heteroatoms. The first-order chi connectivity index (χ1) is 8.98. The molecule has 0 aliphatic rings. The quantitative estimate of drug-likeness (QED) is 0.770. The third-order valence-electron chi connectivity index (χ3n) is 3.34. The highest BCUT2D eigenvalue weighted by atomic mass is 79.9. The molecule has 0 aliphatic heterocycles. The van der Waals surface area contributed by atoms with E-state index in [-0.39, 0.29) is 15.8 Å². The van der Waals surface area contributed by atoms with Crippen LogP contribution in [-0.2, 0) is 0 Å². The maximum absolute atomic E-state index is 12.1. The van der Waals surface area contributed by atoms with Gasteiger partial charge in [-0.1, -0.05) is 25.4 Å². The molecule has 0 aliphatic carbocycles. The van der Waals surface area contributed by atoms with Crippen LogP contribution < -0.4 is 5.32 Å². The van der Waals surface area contributed by atoms with Crippen molar-refractivity contribution in [3.8, 4) is 0 Å². The minimum Gasteiger partial charge on any atom is -0.351 e. The molecule has 1 aromatic heterocycles. The summed E-state index contributed by atoms with van der Waals surface area (Å²) in [5.41, 5.74) is 0.401. The van der Waals surface area contributed by atoms with Gasteiger partial charge >= 0.3 is 0 Å². The van der Waals surface area contributed by atoms with Crippen LogP contribution in [0.4, 0.5) is 0 Å². The Bertz CT molecular complexity index is 444. The Morgan fingerprint density at radius 1 is 1.53 bits per heavy atom. The first-order valence-corrected chi connectivity index (χ1v) is 8.52. The molecule has 0 atom stereocenters. The summed E-state index contributed by atoms with van der Waals surface area (Å²) in [5.74, 6) is -0.181. The third kappa shape index (κ3) is 4.36. The summed E-state index contributed by atoms with van der Waals surface area (Å²) < 4.78 is 0.825. The van der Waals surface area contributed by atoms with Gasteiger partial charge in [0.25, 0.3) is 5.91 Å². The number of thioether (sulfide) groups is 1. The number of hydrogen-bond donors (Lipinski definition) is 1. The standard InChI is InChI=1S/C13H18BrClN2OS/c1-4-13(5-2,19-3)8-17-12(18)10-6-9(14)7-16-11(10)15/h6-7H,4-5,8H2,1-3H3,(H,17,18). The Morgan fingerprint density at radius 3 is 2.68 bits per heavy atom. The lowest BCUT2D eigenvalue weighted by atomic mass is 10.0. The molecule has 19 heavy (non-hydrogen) atoms. The maximum atomic E-state index is 12.1. The number of pyridine rings is 1. The van der Waals surface area contributed by atoms with Crippen LogP contribution in [0.15, 0.2) is 16.7 Å². The average molecular weight is 366 g/mol. The van der Waals surface area contributed by atoms with Crippen molar-refractivity contribution in [3.63, 3.8) is 0 Å². The Kier molecular flexibility index (Phi) is 6.63. The fraction of sp³-hybridized carbons (Fsp3) is 0.538. The topological polar surface area (TPSA) is 42.0 Å². The molecule has 0 radical (unpaired) electrons. The van der Waals surface area contributed by atoms with E-state index in [1.165, 1.54) is 0 Å². The van der Waals surface area contributed by atoms with E-state index >= 15 is 0 Å². The molecule has 1 aromatic rings. The van der Waals surface area contributed by atoms with Crippen molar-refractivity contribution in [1.29, 1.82) is 0 Å². The number of nitrogens with one attached hydrogen (secondary N) is 1. The zero-order valence-electron chi connectivity index (χ0n) is 11.3. The second-order valence-electron chi connectivity index (χ2n) is 4.27. The number of nitrogens with zero attached hydrogens (tertiary/aromatic N) is 1. The van der Waals surface area contributed by atoms with Crippen molar-refractivity contribution in [2.24, 2.45) is 0 Å². The summed E-state index contributed by atoms with van der Waals surface area (Å²) in [5, 5.41) is 3.18. The van der Waals surface area contributed by atoms with E-state index in [1.54, 1.807) is 24.0 Å². The minimum atomic E-state index is -0.181. The van der Waals surface area contributed by atoms with Crippen LogP contribution in [0.5, 0.6) is 0 Å². The number of halogens is 2. The first-order valence-electron chi connectivity index (χ1n) is 6.12. The van der Waals surface area contributed by atoms with Gasteiger partial charge in [0, 0.05) is 22.0 Å². The summed E-state index contributed by atoms with van der Waals surface area (Å²) in [4.78, 5) is 16.1. The molecule has 106 valence electrons. The summed E-state index contributed by atoms with van der Waals surface area (Å²) in [6, 6.07) is 1.68. The molecule has 1 amide bonds. The van der Waals surface area contributed by atoms with Crippen molar-refractivity contribution in [2.45, 2.75) is 31.4 Å². The van der Waals surface area contributed by atoms with Gasteiger partial charge in [-0.15, -0.1) is 0 Å². The van der Waals surface area contributed by atoms with Gasteiger partial charge in [0.2, 0.25) is 0 Å². The molecule has 0 saturated heterocycles. The average Bonchev–Trinajstić information content (AvgIpc) is 2.43. The first kappa shape index (κ1) is 16.8. The Morgan fingerprint density at radius 2 is 2.16 bits per heavy atom. The predicted molar refractivity (Wildman–Crippen MR) is 86.1 cm³/mol. The number of aromatic nitrogens is 1. The third-order valence-corrected chi connectivity index (χ3v) is 5.67. The minimum absolute atomic E-state index is 0.0849. The Labute approximate surface area is 132 Å². The van der Waals surface area contributed by atoms with Gasteiger partial charge < -0.3 is 5.32 Å². The molecular weight excluding hydrogens is 348 g/mol. The van der Waals surface area contributed by atoms with Gasteiger partial charge in [-0.05, 0) is 41.1 Å². The second-order valence-corrected chi connectivity index (χ2v) is 6.82. The van der Waals surface area contributed by atoms with Gasteiger partial charge in [-0.25, -0.2) is 4.98 Å². The lowest BCUT2D eigenvalue weighted by Gasteiger charge is -2.29. The number of rotatable bonds is 6. The van der Waals surface area contributed by atoms with Crippen LogP contribution in [0.1, 0.15) is 37.0 Å². The number of hydrogen-bond acceptors (Lipinski definition) is 3. The summed E-state index contributed by atoms with van der Waals surface area (Å²) >= 11 is 11.0. The highest BCUT2D eigenvalue weighted by Crippen LogP contribution is 2.29. The van der Waals surface area contributed by atoms with E-state index in [4.69, 9.17) is 11.6 Å². The number of carbonyl (C=O) groups excluding carboxylic acids is 1. The zero-order chi connectivity index (χ0) is 14.5. The fourth-order valence-corrected chi connectivity index (χ4v) is 3.09. The van der Waals surface area contributed by atoms with Crippen LogP contribution in [0.3, 0.4) is 0 Å². The molecule has 1 rings (SSSR count). The van der Waals surface area contributed by atoms with Gasteiger partial charge in [0.1, 0.15) is 5.15 Å². The van der Waals surface area contributed by atoms with Gasteiger partial charge in [-0.2, -0.15) is 11.8 Å². The van der Waals surface area contributed by atoms with E-state index in [0.717, 1.165) is 17.3 Å². The maximum Gasteiger partial charge on any atom is 0.254 e. The Balaban J connectivity index is 2.77. The van der Waals surface area contributed by atoms with Crippen LogP contribution in [-0.4, -0.2) is 28.4 Å². The van der Waals surface area contributed by atoms with E-state index < -0.39 is 0 Å². The molecule has 3 nitrogen and oxygen atoms in total. The van der Waals surface area contributed by atoms with E-state index in [9.17, 15) is 4.79 Å². The lowest BCUT2D eigenvalue weighted by molar-refractivity contribution is 0.0948. The fourth-order valence-electron chi connectivity index (χ4n) is 1.78. The van der Waals surface area contributed by atoms with Gasteiger partial charge in [-0.3, -0.25) is 4.79 Å². The molecule has 1 heterocycles. The highest BCUT2D eigenvalue weighted by molar-refractivity contribution is 9.10. The predicted octanol–water partition coefficient (Wildman–Crippen LogP) is 4.15. The second kappa shape index (κ2) is 7.50. The molecular formula is C13H18BrClN2OS. The van der Waals surface area contributed by atoms with Crippen molar-refractivity contribution in [2.75, 3.05) is 12.8 Å². The van der Waals surface area contributed by atoms with Crippen molar-refractivity contribution < 1.29 is 4.79 Å². The molecule has 0 bridgehead atoms. The van der Waals surface area contributed by atoms with Crippen LogP contribution >= 0.6 is 39.3 Å². The Hall–Kier alpha value is -0.260. The van der Waals surface area contributed by atoms with Crippen LogP contribution in [0.2, 0.25) is 5.15 Å². The monoisotopic (exact) mass is 364 g/mol. The molecule has 0 spiro atoms. The normalized spacial score (nSPS) is 11.4. The molecule has 0 unspecified atom stereocenters. The summed E-state index contributed by atoms with van der Waals surface area (Å²) in [7, 11) is 0. The van der Waals surface area contributed by atoms with Gasteiger partial charge in [0.05, 0.1) is 5.56 Å². The van der Waals surface area contributed by atoms with Crippen LogP contribution in [0.25, 0.3) is 0 Å². The van der Waals surface area contributed by atoms with E-state index in [1.807, 2.05) is 0 Å². The largest absolute Gasteiger partial charge is 0.351 e. The molecule has 0 fully saturated rings. The van der Waals surface area contributed by atoms with Crippen molar-refractivity contribution >= 4 is 45.2 Å². The summed E-state index contributed by atoms with van der Waals surface area (Å²) in [6.07, 6.45) is 5.67. The van der Waals surface area contributed by atoms with Crippen molar-refractivity contribution in [1.82, 2.24) is 10.3 Å². The van der Waals surface area contributed by atoms with Crippen molar-refractivity contribution in [3.05, 3.63) is 27.5 Å². The SMILES string of the molecule is CCC(CC)(CNC(=O)c1cc(Br)cnc1Cl)SC. The van der Waals surface area contributed by atoms with E-state index in [0.29, 0.717) is 12.1 Å². The van der Waals surface area contributed by atoms with E-state index in [2.05, 4.69) is 46.3 Å². The van der Waals surface area contributed by atoms with Gasteiger partial charge in [0.15, 0.2) is 0 Å². The zero-order valence-corrected chi connectivity index (χ0v) is 14.5. The molecule has 0 aromatic carbocycles. The molecule has 1 N–H and O–H groups in total. The number of carbonyl (C=O) groups is 1. The lowest BCUT2D eigenvalue weighted by Crippen LogP contribution is -2.39. The summed E-state index contributed by atoms with van der Waals surface area (Å²) in [6.45, 7) is 4.91. The van der Waals surface area contributed by atoms with Crippen LogP contribution in [0, 0.1) is 0 Å². The number of amides is 1.